The number of aliphatic carboxylic acids is 1. The Hall–Kier alpha value is -2.45. The van der Waals surface area contributed by atoms with Gasteiger partial charge in [-0.25, -0.2) is 14.5 Å². The number of aromatic nitrogens is 3. The Labute approximate surface area is 148 Å². The van der Waals surface area contributed by atoms with Gasteiger partial charge in [0.15, 0.2) is 6.10 Å². The first kappa shape index (κ1) is 17.4. The molecule has 3 rings (SSSR count). The number of rotatable bonds is 7. The Morgan fingerprint density at radius 1 is 1.44 bits per heavy atom. The first-order valence-corrected chi connectivity index (χ1v) is 8.14. The predicted octanol–water partition coefficient (Wildman–Crippen LogP) is 1.63. The molecule has 9 heteroatoms. The van der Waals surface area contributed by atoms with Gasteiger partial charge in [0.2, 0.25) is 5.82 Å². The zero-order valence-electron chi connectivity index (χ0n) is 13.5. The van der Waals surface area contributed by atoms with Crippen molar-refractivity contribution in [1.29, 1.82) is 0 Å². The zero-order valence-corrected chi connectivity index (χ0v) is 14.2. The number of ether oxygens (including phenoxy) is 1. The fraction of sp³-hybridized carbons (Fsp3) is 0.375. The third-order valence-electron chi connectivity index (χ3n) is 3.87. The van der Waals surface area contributed by atoms with E-state index in [0.717, 1.165) is 12.8 Å². The molecule has 1 fully saturated rings. The van der Waals surface area contributed by atoms with E-state index in [1.54, 1.807) is 16.8 Å². The summed E-state index contributed by atoms with van der Waals surface area (Å²) in [6.45, 7) is -0.177. The summed E-state index contributed by atoms with van der Waals surface area (Å²) >= 11 is 6.23. The average molecular weight is 365 g/mol. The van der Waals surface area contributed by atoms with E-state index >= 15 is 0 Å². The van der Waals surface area contributed by atoms with E-state index < -0.39 is 18.0 Å². The number of amides is 1. The minimum absolute atomic E-state index is 0.0259. The molecule has 1 saturated carbocycles. The molecular formula is C16H17ClN4O4. The first-order chi connectivity index (χ1) is 12.0. The summed E-state index contributed by atoms with van der Waals surface area (Å²) in [5.74, 6) is -0.815. The molecule has 1 unspecified atom stereocenters. The quantitative estimate of drug-likeness (QED) is 0.773. The number of hydrogen-bond acceptors (Lipinski definition) is 5. The average Bonchev–Trinajstić information content (AvgIpc) is 3.34. The Bertz CT molecular complexity index is 803. The smallest absolute Gasteiger partial charge is 0.334 e. The molecule has 1 aliphatic rings. The Kier molecular flexibility index (Phi) is 5.00. The third kappa shape index (κ3) is 3.80. The van der Waals surface area contributed by atoms with Gasteiger partial charge in [-0.1, -0.05) is 23.7 Å². The molecule has 0 spiro atoms. The number of nitrogens with zero attached hydrogens (tertiary/aromatic N) is 3. The molecule has 0 aliphatic heterocycles. The van der Waals surface area contributed by atoms with Crippen LogP contribution in [0.2, 0.25) is 5.02 Å². The largest absolute Gasteiger partial charge is 0.479 e. The summed E-state index contributed by atoms with van der Waals surface area (Å²) in [5.41, 5.74) is 0.651. The van der Waals surface area contributed by atoms with Crippen molar-refractivity contribution in [2.45, 2.75) is 24.9 Å². The molecule has 1 aromatic heterocycles. The van der Waals surface area contributed by atoms with E-state index in [-0.39, 0.29) is 18.3 Å². The number of carboxylic acid groups (broad SMARTS) is 1. The topological polar surface area (TPSA) is 106 Å². The fourth-order valence-corrected chi connectivity index (χ4v) is 2.58. The van der Waals surface area contributed by atoms with Crippen LogP contribution in [0.4, 0.5) is 0 Å². The van der Waals surface area contributed by atoms with Gasteiger partial charge in [0.25, 0.3) is 5.91 Å². The number of hydrogen-bond donors (Lipinski definition) is 2. The van der Waals surface area contributed by atoms with Crippen LogP contribution >= 0.6 is 11.6 Å². The maximum Gasteiger partial charge on any atom is 0.334 e. The molecule has 1 aliphatic carbocycles. The number of halogens is 1. The minimum Gasteiger partial charge on any atom is -0.479 e. The van der Waals surface area contributed by atoms with Gasteiger partial charge >= 0.3 is 5.97 Å². The van der Waals surface area contributed by atoms with E-state index in [4.69, 9.17) is 21.4 Å². The lowest BCUT2D eigenvalue weighted by atomic mass is 10.3. The van der Waals surface area contributed by atoms with Crippen molar-refractivity contribution >= 4 is 23.5 Å². The minimum atomic E-state index is -1.16. The Morgan fingerprint density at radius 3 is 2.76 bits per heavy atom. The standard InChI is InChI=1S/C16H17ClN4O4/c1-25-12(16(23)24)8-18-15(22)13-19-14(9-6-7-9)21(20-13)11-5-3-2-4-10(11)17/h2-5,9,12H,6-8H2,1H3,(H,18,22)(H,23,24). The number of carbonyl (C=O) groups is 2. The summed E-state index contributed by atoms with van der Waals surface area (Å²) in [6, 6.07) is 7.18. The van der Waals surface area contributed by atoms with Crippen LogP contribution in [0.3, 0.4) is 0 Å². The third-order valence-corrected chi connectivity index (χ3v) is 4.19. The second-order valence-electron chi connectivity index (χ2n) is 5.70. The van der Waals surface area contributed by atoms with Gasteiger partial charge in [-0.05, 0) is 25.0 Å². The van der Waals surface area contributed by atoms with Crippen molar-refractivity contribution in [3.05, 3.63) is 40.9 Å². The van der Waals surface area contributed by atoms with E-state index in [1.165, 1.54) is 7.11 Å². The van der Waals surface area contributed by atoms with Crippen LogP contribution < -0.4 is 5.32 Å². The molecule has 0 radical (unpaired) electrons. The molecule has 8 nitrogen and oxygen atoms in total. The second-order valence-corrected chi connectivity index (χ2v) is 6.11. The monoisotopic (exact) mass is 364 g/mol. The number of carbonyl (C=O) groups excluding carboxylic acids is 1. The van der Waals surface area contributed by atoms with Crippen molar-refractivity contribution in [2.75, 3.05) is 13.7 Å². The molecule has 0 saturated heterocycles. The summed E-state index contributed by atoms with van der Waals surface area (Å²) in [7, 11) is 1.26. The molecule has 1 atom stereocenters. The maximum atomic E-state index is 12.3. The van der Waals surface area contributed by atoms with Gasteiger partial charge in [0.1, 0.15) is 5.82 Å². The van der Waals surface area contributed by atoms with E-state index in [9.17, 15) is 9.59 Å². The lowest BCUT2D eigenvalue weighted by Crippen LogP contribution is -2.38. The Morgan fingerprint density at radius 2 is 2.16 bits per heavy atom. The van der Waals surface area contributed by atoms with Crippen LogP contribution in [0.5, 0.6) is 0 Å². The molecule has 2 aromatic rings. The van der Waals surface area contributed by atoms with Crippen LogP contribution in [0.1, 0.15) is 35.2 Å². The number of methoxy groups -OCH3 is 1. The highest BCUT2D eigenvalue weighted by Crippen LogP contribution is 2.40. The van der Waals surface area contributed by atoms with E-state index in [0.29, 0.717) is 16.5 Å². The highest BCUT2D eigenvalue weighted by Gasteiger charge is 2.32. The van der Waals surface area contributed by atoms with Gasteiger partial charge in [-0.2, -0.15) is 0 Å². The highest BCUT2D eigenvalue weighted by atomic mass is 35.5. The lowest BCUT2D eigenvalue weighted by molar-refractivity contribution is -0.148. The lowest BCUT2D eigenvalue weighted by Gasteiger charge is -2.10. The highest BCUT2D eigenvalue weighted by molar-refractivity contribution is 6.32. The summed E-state index contributed by atoms with van der Waals surface area (Å²) in [4.78, 5) is 27.5. The van der Waals surface area contributed by atoms with Crippen LogP contribution in [0.25, 0.3) is 5.69 Å². The Balaban J connectivity index is 1.83. The van der Waals surface area contributed by atoms with Gasteiger partial charge in [0.05, 0.1) is 17.3 Å². The van der Waals surface area contributed by atoms with Crippen molar-refractivity contribution in [1.82, 2.24) is 20.1 Å². The fourth-order valence-electron chi connectivity index (χ4n) is 2.36. The van der Waals surface area contributed by atoms with Gasteiger partial charge in [-0.15, -0.1) is 5.10 Å². The van der Waals surface area contributed by atoms with Gasteiger partial charge < -0.3 is 15.2 Å². The molecule has 132 valence electrons. The number of nitrogens with one attached hydrogen (secondary N) is 1. The molecule has 2 N–H and O–H groups in total. The van der Waals surface area contributed by atoms with E-state index in [1.807, 2.05) is 12.1 Å². The molecule has 25 heavy (non-hydrogen) atoms. The second kappa shape index (κ2) is 7.20. The van der Waals surface area contributed by atoms with Gasteiger partial charge in [0, 0.05) is 13.0 Å². The molecule has 0 bridgehead atoms. The van der Waals surface area contributed by atoms with Crippen molar-refractivity contribution in [2.24, 2.45) is 0 Å². The van der Waals surface area contributed by atoms with Crippen LogP contribution in [-0.4, -0.2) is 51.5 Å². The number of carboxylic acids is 1. The first-order valence-electron chi connectivity index (χ1n) is 7.77. The van der Waals surface area contributed by atoms with Gasteiger partial charge in [-0.3, -0.25) is 4.79 Å². The van der Waals surface area contributed by atoms with Crippen molar-refractivity contribution < 1.29 is 19.4 Å². The zero-order chi connectivity index (χ0) is 18.0. The van der Waals surface area contributed by atoms with Crippen molar-refractivity contribution in [3.63, 3.8) is 0 Å². The van der Waals surface area contributed by atoms with Crippen LogP contribution in [-0.2, 0) is 9.53 Å². The number of benzene rings is 1. The predicted molar refractivity (Wildman–Crippen MR) is 89.1 cm³/mol. The number of para-hydroxylation sites is 1. The summed E-state index contributed by atoms with van der Waals surface area (Å²) in [5, 5.41) is 16.2. The van der Waals surface area contributed by atoms with E-state index in [2.05, 4.69) is 15.4 Å². The maximum absolute atomic E-state index is 12.3. The molecule has 1 aromatic carbocycles. The molecule has 1 amide bonds. The van der Waals surface area contributed by atoms with Crippen LogP contribution in [0, 0.1) is 0 Å². The molecular weight excluding hydrogens is 348 g/mol. The molecule has 1 heterocycles. The summed E-state index contributed by atoms with van der Waals surface area (Å²) in [6.07, 6.45) is 0.835. The van der Waals surface area contributed by atoms with Crippen LogP contribution in [0.15, 0.2) is 24.3 Å². The SMILES string of the molecule is COC(CNC(=O)c1nc(C2CC2)n(-c2ccccc2Cl)n1)C(=O)O. The summed E-state index contributed by atoms with van der Waals surface area (Å²) < 4.78 is 6.37. The normalized spacial score (nSPS) is 15.0. The van der Waals surface area contributed by atoms with Crippen molar-refractivity contribution in [3.8, 4) is 5.69 Å².